The van der Waals surface area contributed by atoms with E-state index in [0.717, 1.165) is 6.07 Å². The van der Waals surface area contributed by atoms with Gasteiger partial charge in [0.15, 0.2) is 0 Å². The highest BCUT2D eigenvalue weighted by atomic mass is 127. The van der Waals surface area contributed by atoms with Gasteiger partial charge in [0, 0.05) is 5.33 Å². The minimum atomic E-state index is -4.31. The molecule has 0 saturated heterocycles. The lowest BCUT2D eigenvalue weighted by Gasteiger charge is -2.08. The first-order valence-electron chi connectivity index (χ1n) is 3.23. The predicted octanol–water partition coefficient (Wildman–Crippen LogP) is 3.60. The summed E-state index contributed by atoms with van der Waals surface area (Å²) in [7, 11) is 0. The molecule has 0 atom stereocenters. The third kappa shape index (κ3) is 2.80. The molecule has 0 fully saturated rings. The topological polar surface area (TPSA) is 12.9 Å². The molecule has 0 radical (unpaired) electrons. The zero-order valence-electron chi connectivity index (χ0n) is 6.20. The molecule has 1 nitrogen and oxygen atoms in total. The summed E-state index contributed by atoms with van der Waals surface area (Å²) in [4.78, 5) is 3.78. The molecule has 0 aliphatic rings. The van der Waals surface area contributed by atoms with Crippen molar-refractivity contribution in [2.45, 2.75) is 11.5 Å². The number of hydrogen-bond acceptors (Lipinski definition) is 1. The summed E-state index contributed by atoms with van der Waals surface area (Å²) in [5.41, 5.74) is -0.0878. The van der Waals surface area contributed by atoms with Crippen LogP contribution in [0.25, 0.3) is 0 Å². The molecule has 0 aliphatic carbocycles. The molecule has 0 aromatic carbocycles. The molecule has 1 aromatic rings. The van der Waals surface area contributed by atoms with Crippen LogP contribution in [0.1, 0.15) is 11.3 Å². The van der Waals surface area contributed by atoms with Gasteiger partial charge in [0.25, 0.3) is 0 Å². The van der Waals surface area contributed by atoms with E-state index in [1.807, 2.05) is 0 Å². The number of rotatable bonds is 1. The van der Waals surface area contributed by atoms with Crippen molar-refractivity contribution in [2.24, 2.45) is 0 Å². The molecule has 0 spiro atoms. The number of nitrogens with zero attached hydrogens (tertiary/aromatic N) is 1. The Hall–Kier alpha value is 0.150. The van der Waals surface area contributed by atoms with Crippen LogP contribution in [0.3, 0.4) is 0 Å². The second-order valence-corrected chi connectivity index (χ2v) is 3.85. The van der Waals surface area contributed by atoms with Gasteiger partial charge in [0.05, 0.1) is 11.3 Å². The molecular formula is C7H4BrF3IN. The summed E-state index contributed by atoms with van der Waals surface area (Å²) in [6, 6.07) is 2.41. The fourth-order valence-electron chi connectivity index (χ4n) is 0.758. The van der Waals surface area contributed by atoms with Crippen LogP contribution in [-0.4, -0.2) is 4.98 Å². The van der Waals surface area contributed by atoms with Gasteiger partial charge in [0.1, 0.15) is 3.70 Å². The molecule has 0 amide bonds. The Morgan fingerprint density at radius 1 is 1.38 bits per heavy atom. The van der Waals surface area contributed by atoms with Crippen LogP contribution in [0.2, 0.25) is 0 Å². The van der Waals surface area contributed by atoms with E-state index < -0.39 is 11.7 Å². The Bertz CT molecular complexity index is 313. The number of hydrogen-bond donors (Lipinski definition) is 0. The van der Waals surface area contributed by atoms with Crippen molar-refractivity contribution in [3.05, 3.63) is 27.1 Å². The van der Waals surface area contributed by atoms with Gasteiger partial charge in [-0.15, -0.1) is 0 Å². The molecule has 0 saturated carbocycles. The first-order chi connectivity index (χ1) is 5.95. The summed E-state index contributed by atoms with van der Waals surface area (Å²) in [5.74, 6) is 0. The van der Waals surface area contributed by atoms with Gasteiger partial charge in [-0.2, -0.15) is 13.2 Å². The number of alkyl halides is 4. The SMILES string of the molecule is FC(F)(F)c1ccc(CBr)nc1I. The highest BCUT2D eigenvalue weighted by Crippen LogP contribution is 2.32. The van der Waals surface area contributed by atoms with Gasteiger partial charge in [-0.05, 0) is 34.7 Å². The summed E-state index contributed by atoms with van der Waals surface area (Å²) in [6.45, 7) is 0. The normalized spacial score (nSPS) is 11.8. The van der Waals surface area contributed by atoms with Crippen molar-refractivity contribution in [2.75, 3.05) is 0 Å². The summed E-state index contributed by atoms with van der Waals surface area (Å²) >= 11 is 4.70. The van der Waals surface area contributed by atoms with E-state index in [-0.39, 0.29) is 3.70 Å². The van der Waals surface area contributed by atoms with E-state index in [0.29, 0.717) is 11.0 Å². The van der Waals surface area contributed by atoms with Gasteiger partial charge >= 0.3 is 6.18 Å². The van der Waals surface area contributed by atoms with Crippen molar-refractivity contribution in [3.8, 4) is 0 Å². The van der Waals surface area contributed by atoms with E-state index >= 15 is 0 Å². The highest BCUT2D eigenvalue weighted by molar-refractivity contribution is 14.1. The van der Waals surface area contributed by atoms with Crippen LogP contribution >= 0.6 is 38.5 Å². The molecule has 0 N–H and O–H groups in total. The van der Waals surface area contributed by atoms with Crippen molar-refractivity contribution >= 4 is 38.5 Å². The van der Waals surface area contributed by atoms with E-state index in [1.165, 1.54) is 6.07 Å². The third-order valence-electron chi connectivity index (χ3n) is 1.35. The van der Waals surface area contributed by atoms with Crippen molar-refractivity contribution in [1.82, 2.24) is 4.98 Å². The van der Waals surface area contributed by atoms with Gasteiger partial charge in [-0.25, -0.2) is 4.98 Å². The zero-order valence-corrected chi connectivity index (χ0v) is 9.94. The first kappa shape index (κ1) is 11.2. The predicted molar refractivity (Wildman–Crippen MR) is 54.6 cm³/mol. The second kappa shape index (κ2) is 4.12. The summed E-state index contributed by atoms with van der Waals surface area (Å²) < 4.78 is 36.7. The van der Waals surface area contributed by atoms with Gasteiger partial charge < -0.3 is 0 Å². The molecule has 0 bridgehead atoms. The zero-order chi connectivity index (χ0) is 10.1. The molecule has 1 heterocycles. The van der Waals surface area contributed by atoms with Crippen LogP contribution in [-0.2, 0) is 11.5 Å². The largest absolute Gasteiger partial charge is 0.418 e. The van der Waals surface area contributed by atoms with Crippen LogP contribution in [0.4, 0.5) is 13.2 Å². The lowest BCUT2D eigenvalue weighted by Crippen LogP contribution is -2.09. The summed E-state index contributed by atoms with van der Waals surface area (Å²) in [5, 5.41) is 0.459. The van der Waals surface area contributed by atoms with Crippen LogP contribution < -0.4 is 0 Å². The number of halogens is 5. The Labute approximate surface area is 95.0 Å². The Morgan fingerprint density at radius 3 is 2.38 bits per heavy atom. The van der Waals surface area contributed by atoms with E-state index in [9.17, 15) is 13.2 Å². The quantitative estimate of drug-likeness (QED) is 0.421. The van der Waals surface area contributed by atoms with Crippen molar-refractivity contribution < 1.29 is 13.2 Å². The first-order valence-corrected chi connectivity index (χ1v) is 5.43. The van der Waals surface area contributed by atoms with E-state index in [4.69, 9.17) is 0 Å². The average Bonchev–Trinajstić information content (AvgIpc) is 2.01. The van der Waals surface area contributed by atoms with Crippen molar-refractivity contribution in [3.63, 3.8) is 0 Å². The molecule has 1 aromatic heterocycles. The van der Waals surface area contributed by atoms with Crippen LogP contribution in [0.5, 0.6) is 0 Å². The molecule has 1 rings (SSSR count). The van der Waals surface area contributed by atoms with Crippen LogP contribution in [0.15, 0.2) is 12.1 Å². The smallest absolute Gasteiger partial charge is 0.245 e. The van der Waals surface area contributed by atoms with Crippen LogP contribution in [0, 0.1) is 3.70 Å². The lowest BCUT2D eigenvalue weighted by molar-refractivity contribution is -0.138. The molecular weight excluding hydrogens is 362 g/mol. The minimum Gasteiger partial charge on any atom is -0.245 e. The molecule has 0 aliphatic heterocycles. The highest BCUT2D eigenvalue weighted by Gasteiger charge is 2.33. The minimum absolute atomic E-state index is 0.0120. The Kier molecular flexibility index (Phi) is 3.56. The maximum absolute atomic E-state index is 12.2. The fraction of sp³-hybridized carbons (Fsp3) is 0.286. The third-order valence-corrected chi connectivity index (χ3v) is 2.75. The van der Waals surface area contributed by atoms with Gasteiger partial charge in [-0.1, -0.05) is 15.9 Å². The maximum Gasteiger partial charge on any atom is 0.418 e. The molecule has 6 heteroatoms. The standard InChI is InChI=1S/C7H4BrF3IN/c8-3-4-1-2-5(6(12)13-4)7(9,10)11/h1-2H,3H2. The second-order valence-electron chi connectivity index (χ2n) is 2.27. The molecule has 0 unspecified atom stereocenters. The average molecular weight is 366 g/mol. The maximum atomic E-state index is 12.2. The van der Waals surface area contributed by atoms with Gasteiger partial charge in [0.2, 0.25) is 0 Å². The number of aromatic nitrogens is 1. The Morgan fingerprint density at radius 2 is 2.00 bits per heavy atom. The van der Waals surface area contributed by atoms with E-state index in [2.05, 4.69) is 20.9 Å². The Balaban J connectivity index is 3.13. The lowest BCUT2D eigenvalue weighted by atomic mass is 10.2. The molecule has 13 heavy (non-hydrogen) atoms. The van der Waals surface area contributed by atoms with Gasteiger partial charge in [-0.3, -0.25) is 0 Å². The monoisotopic (exact) mass is 365 g/mol. The number of pyridine rings is 1. The fourth-order valence-corrected chi connectivity index (χ4v) is 1.87. The summed E-state index contributed by atoms with van der Waals surface area (Å²) in [6.07, 6.45) is -4.31. The van der Waals surface area contributed by atoms with E-state index in [1.54, 1.807) is 22.6 Å². The van der Waals surface area contributed by atoms with Crippen molar-refractivity contribution in [1.29, 1.82) is 0 Å². The molecule has 72 valence electrons.